The van der Waals surface area contributed by atoms with E-state index in [-0.39, 0.29) is 5.91 Å². The Kier molecular flexibility index (Phi) is 3.95. The van der Waals surface area contributed by atoms with Gasteiger partial charge in [-0.1, -0.05) is 63.9 Å². The SMILES string of the molecule is O=C(Nc1ccc(Br)cc1Cl)c1cccc2ccccc12. The van der Waals surface area contributed by atoms with E-state index >= 15 is 0 Å². The quantitative estimate of drug-likeness (QED) is 0.641. The number of anilines is 1. The van der Waals surface area contributed by atoms with Crippen molar-refractivity contribution in [3.63, 3.8) is 0 Å². The summed E-state index contributed by atoms with van der Waals surface area (Å²) in [4.78, 5) is 12.5. The van der Waals surface area contributed by atoms with E-state index in [4.69, 9.17) is 11.6 Å². The van der Waals surface area contributed by atoms with Crippen LogP contribution in [0.2, 0.25) is 5.02 Å². The van der Waals surface area contributed by atoms with E-state index in [1.807, 2.05) is 48.5 Å². The van der Waals surface area contributed by atoms with Gasteiger partial charge in [0.2, 0.25) is 0 Å². The molecule has 0 spiro atoms. The third-order valence-corrected chi connectivity index (χ3v) is 4.02. The van der Waals surface area contributed by atoms with Crippen LogP contribution in [-0.2, 0) is 0 Å². The highest BCUT2D eigenvalue weighted by atomic mass is 79.9. The third kappa shape index (κ3) is 2.94. The van der Waals surface area contributed by atoms with Gasteiger partial charge in [0.05, 0.1) is 10.7 Å². The van der Waals surface area contributed by atoms with E-state index in [0.29, 0.717) is 16.3 Å². The van der Waals surface area contributed by atoms with Crippen LogP contribution in [0.5, 0.6) is 0 Å². The van der Waals surface area contributed by atoms with Gasteiger partial charge in [-0.15, -0.1) is 0 Å². The molecule has 21 heavy (non-hydrogen) atoms. The molecule has 2 nitrogen and oxygen atoms in total. The summed E-state index contributed by atoms with van der Waals surface area (Å²) in [6.45, 7) is 0. The molecule has 0 aromatic heterocycles. The lowest BCUT2D eigenvalue weighted by molar-refractivity contribution is 0.102. The highest BCUT2D eigenvalue weighted by molar-refractivity contribution is 9.10. The fourth-order valence-corrected chi connectivity index (χ4v) is 2.92. The molecule has 0 aliphatic heterocycles. The lowest BCUT2D eigenvalue weighted by Gasteiger charge is -2.09. The van der Waals surface area contributed by atoms with E-state index in [1.165, 1.54) is 0 Å². The maximum absolute atomic E-state index is 12.5. The Morgan fingerprint density at radius 2 is 1.76 bits per heavy atom. The molecule has 0 fully saturated rings. The van der Waals surface area contributed by atoms with Crippen LogP contribution >= 0.6 is 27.5 Å². The van der Waals surface area contributed by atoms with Crippen LogP contribution < -0.4 is 5.32 Å². The van der Waals surface area contributed by atoms with E-state index in [1.54, 1.807) is 12.1 Å². The number of nitrogens with one attached hydrogen (secondary N) is 1. The van der Waals surface area contributed by atoms with Crippen molar-refractivity contribution in [1.29, 1.82) is 0 Å². The Morgan fingerprint density at radius 1 is 1.00 bits per heavy atom. The maximum atomic E-state index is 12.5. The minimum atomic E-state index is -0.170. The predicted molar refractivity (Wildman–Crippen MR) is 91.1 cm³/mol. The number of hydrogen-bond acceptors (Lipinski definition) is 1. The van der Waals surface area contributed by atoms with E-state index in [2.05, 4.69) is 21.2 Å². The molecule has 0 atom stereocenters. The number of carbonyl (C=O) groups is 1. The number of fused-ring (bicyclic) bond motifs is 1. The fourth-order valence-electron chi connectivity index (χ4n) is 2.20. The molecule has 0 saturated heterocycles. The molecule has 0 radical (unpaired) electrons. The minimum absolute atomic E-state index is 0.170. The lowest BCUT2D eigenvalue weighted by atomic mass is 10.0. The minimum Gasteiger partial charge on any atom is -0.321 e. The molecule has 1 N–H and O–H groups in total. The summed E-state index contributed by atoms with van der Waals surface area (Å²) in [5, 5.41) is 5.31. The molecular weight excluding hydrogens is 350 g/mol. The molecule has 3 aromatic rings. The molecule has 1 amide bonds. The number of amides is 1. The van der Waals surface area contributed by atoms with Crippen LogP contribution in [0, 0.1) is 0 Å². The highest BCUT2D eigenvalue weighted by Gasteiger charge is 2.11. The summed E-state index contributed by atoms with van der Waals surface area (Å²) >= 11 is 9.48. The highest BCUT2D eigenvalue weighted by Crippen LogP contribution is 2.27. The second kappa shape index (κ2) is 5.88. The average molecular weight is 361 g/mol. The number of benzene rings is 3. The van der Waals surface area contributed by atoms with Crippen LogP contribution in [0.1, 0.15) is 10.4 Å². The van der Waals surface area contributed by atoms with Crippen molar-refractivity contribution >= 4 is 49.9 Å². The number of rotatable bonds is 2. The summed E-state index contributed by atoms with van der Waals surface area (Å²) in [5.74, 6) is -0.170. The third-order valence-electron chi connectivity index (χ3n) is 3.21. The molecule has 0 saturated carbocycles. The normalized spacial score (nSPS) is 10.6. The van der Waals surface area contributed by atoms with Crippen molar-refractivity contribution in [3.05, 3.63) is 75.7 Å². The smallest absolute Gasteiger partial charge is 0.256 e. The molecule has 3 rings (SSSR count). The van der Waals surface area contributed by atoms with E-state index < -0.39 is 0 Å². The second-order valence-corrected chi connectivity index (χ2v) is 5.93. The summed E-state index contributed by atoms with van der Waals surface area (Å²) in [6.07, 6.45) is 0. The Labute approximate surface area is 135 Å². The van der Waals surface area contributed by atoms with Gasteiger partial charge in [-0.3, -0.25) is 4.79 Å². The molecule has 3 aromatic carbocycles. The second-order valence-electron chi connectivity index (χ2n) is 4.61. The van der Waals surface area contributed by atoms with Crippen LogP contribution in [0.3, 0.4) is 0 Å². The first-order chi connectivity index (χ1) is 10.1. The summed E-state index contributed by atoms with van der Waals surface area (Å²) in [6, 6.07) is 18.8. The zero-order valence-corrected chi connectivity index (χ0v) is 13.3. The van der Waals surface area contributed by atoms with Gasteiger partial charge in [-0.25, -0.2) is 0 Å². The van der Waals surface area contributed by atoms with Crippen LogP contribution in [0.15, 0.2) is 65.1 Å². The number of carbonyl (C=O) groups excluding carboxylic acids is 1. The van der Waals surface area contributed by atoms with Crippen LogP contribution in [-0.4, -0.2) is 5.91 Å². The monoisotopic (exact) mass is 359 g/mol. The molecular formula is C17H11BrClNO. The zero-order valence-electron chi connectivity index (χ0n) is 10.9. The molecule has 4 heteroatoms. The van der Waals surface area contributed by atoms with E-state index in [0.717, 1.165) is 15.2 Å². The van der Waals surface area contributed by atoms with Gasteiger partial charge >= 0.3 is 0 Å². The molecule has 0 aliphatic rings. The van der Waals surface area contributed by atoms with Gasteiger partial charge in [0, 0.05) is 10.0 Å². The van der Waals surface area contributed by atoms with Crippen molar-refractivity contribution in [2.45, 2.75) is 0 Å². The van der Waals surface area contributed by atoms with Crippen LogP contribution in [0.4, 0.5) is 5.69 Å². The van der Waals surface area contributed by atoms with Crippen molar-refractivity contribution in [3.8, 4) is 0 Å². The van der Waals surface area contributed by atoms with Crippen molar-refractivity contribution in [1.82, 2.24) is 0 Å². The van der Waals surface area contributed by atoms with Gasteiger partial charge in [0.25, 0.3) is 5.91 Å². The van der Waals surface area contributed by atoms with Gasteiger partial charge in [-0.2, -0.15) is 0 Å². The topological polar surface area (TPSA) is 29.1 Å². The Bertz CT molecular complexity index is 827. The molecule has 0 heterocycles. The largest absolute Gasteiger partial charge is 0.321 e. The average Bonchev–Trinajstić information content (AvgIpc) is 2.49. The summed E-state index contributed by atoms with van der Waals surface area (Å²) in [5.41, 5.74) is 1.23. The van der Waals surface area contributed by atoms with Gasteiger partial charge < -0.3 is 5.32 Å². The number of hydrogen-bond donors (Lipinski definition) is 1. The van der Waals surface area contributed by atoms with Gasteiger partial charge in [0.15, 0.2) is 0 Å². The Balaban J connectivity index is 1.97. The van der Waals surface area contributed by atoms with Crippen molar-refractivity contribution < 1.29 is 4.79 Å². The van der Waals surface area contributed by atoms with Crippen molar-refractivity contribution in [2.75, 3.05) is 5.32 Å². The van der Waals surface area contributed by atoms with Gasteiger partial charge in [0.1, 0.15) is 0 Å². The molecule has 104 valence electrons. The summed E-state index contributed by atoms with van der Waals surface area (Å²) < 4.78 is 0.871. The fraction of sp³-hybridized carbons (Fsp3) is 0. The van der Waals surface area contributed by atoms with Crippen LogP contribution in [0.25, 0.3) is 10.8 Å². The maximum Gasteiger partial charge on any atom is 0.256 e. The first kappa shape index (κ1) is 14.1. The van der Waals surface area contributed by atoms with Crippen molar-refractivity contribution in [2.24, 2.45) is 0 Å². The van der Waals surface area contributed by atoms with Gasteiger partial charge in [-0.05, 0) is 35.0 Å². The predicted octanol–water partition coefficient (Wildman–Crippen LogP) is 5.51. The zero-order chi connectivity index (χ0) is 14.8. The first-order valence-electron chi connectivity index (χ1n) is 6.39. The Hall–Kier alpha value is -1.84. The first-order valence-corrected chi connectivity index (χ1v) is 7.56. The standard InChI is InChI=1S/C17H11BrClNO/c18-12-8-9-16(15(19)10-12)20-17(21)14-7-3-5-11-4-1-2-6-13(11)14/h1-10H,(H,20,21). The lowest BCUT2D eigenvalue weighted by Crippen LogP contribution is -2.12. The molecule has 0 bridgehead atoms. The number of halogens is 2. The molecule has 0 unspecified atom stereocenters. The van der Waals surface area contributed by atoms with E-state index in [9.17, 15) is 4.79 Å². The molecule has 0 aliphatic carbocycles. The summed E-state index contributed by atoms with van der Waals surface area (Å²) in [7, 11) is 0. The Morgan fingerprint density at radius 3 is 2.57 bits per heavy atom.